The second kappa shape index (κ2) is 6.86. The van der Waals surface area contributed by atoms with Crippen molar-refractivity contribution in [2.75, 3.05) is 4.90 Å². The Balaban J connectivity index is 3.19. The number of ether oxygens (including phenoxy) is 2. The normalized spacial score (nSPS) is 11.6. The van der Waals surface area contributed by atoms with Crippen LogP contribution in [-0.2, 0) is 9.47 Å². The van der Waals surface area contributed by atoms with Crippen molar-refractivity contribution < 1.29 is 19.1 Å². The molecule has 3 N–H and O–H groups in total. The van der Waals surface area contributed by atoms with Crippen LogP contribution in [0.1, 0.15) is 47.1 Å². The molecule has 132 valence electrons. The van der Waals surface area contributed by atoms with Crippen molar-refractivity contribution in [3.63, 3.8) is 0 Å². The molecule has 1 aromatic rings. The first kappa shape index (κ1) is 19.4. The molecule has 0 atom stereocenters. The number of rotatable bonds is 2. The topological polar surface area (TPSA) is 119 Å². The molecule has 0 aliphatic rings. The van der Waals surface area contributed by atoms with Gasteiger partial charge in [0, 0.05) is 11.8 Å². The Kier molecular flexibility index (Phi) is 5.54. The van der Waals surface area contributed by atoms with E-state index in [1.54, 1.807) is 41.5 Å². The fourth-order valence-electron chi connectivity index (χ4n) is 1.55. The number of nitrogens with one attached hydrogen (secondary N) is 1. The lowest BCUT2D eigenvalue weighted by Crippen LogP contribution is -2.44. The zero-order chi connectivity index (χ0) is 18.7. The molecular formula is C16H24N4O4. The van der Waals surface area contributed by atoms with E-state index in [9.17, 15) is 9.59 Å². The van der Waals surface area contributed by atoms with Crippen LogP contribution in [0.3, 0.4) is 0 Å². The third kappa shape index (κ3) is 5.86. The minimum atomic E-state index is -0.903. The Morgan fingerprint density at radius 1 is 1.04 bits per heavy atom. The smallest absolute Gasteiger partial charge is 0.425 e. The van der Waals surface area contributed by atoms with E-state index in [1.165, 1.54) is 18.3 Å². The van der Waals surface area contributed by atoms with Crippen molar-refractivity contribution in [2.45, 2.75) is 52.7 Å². The number of pyridine rings is 1. The minimum Gasteiger partial charge on any atom is -0.443 e. The average Bonchev–Trinajstić information content (AvgIpc) is 2.34. The molecule has 8 nitrogen and oxygen atoms in total. The first-order valence-electron chi connectivity index (χ1n) is 7.37. The number of hydrogen-bond donors (Lipinski definition) is 2. The number of aromatic nitrogens is 1. The number of carbonyl (C=O) groups excluding carboxylic acids is 2. The standard InChI is InChI=1S/C16H24N4O4/c1-15(2,3)23-13(21)20(14(22)24-16(4,5)6)11-8-7-10(9-19-11)12(17)18/h7-9H,1-6H3,(H3,17,18). The summed E-state index contributed by atoms with van der Waals surface area (Å²) in [4.78, 5) is 29.5. The first-order valence-corrected chi connectivity index (χ1v) is 7.37. The minimum absolute atomic E-state index is 0.0171. The molecule has 0 fully saturated rings. The average molecular weight is 336 g/mol. The van der Waals surface area contributed by atoms with Gasteiger partial charge in [-0.3, -0.25) is 5.41 Å². The van der Waals surface area contributed by atoms with Crippen LogP contribution in [0.2, 0.25) is 0 Å². The van der Waals surface area contributed by atoms with Gasteiger partial charge in [0.2, 0.25) is 0 Å². The second-order valence-corrected chi connectivity index (χ2v) is 7.11. The molecule has 8 heteroatoms. The maximum absolute atomic E-state index is 12.4. The van der Waals surface area contributed by atoms with Gasteiger partial charge >= 0.3 is 12.2 Å². The zero-order valence-corrected chi connectivity index (χ0v) is 14.8. The van der Waals surface area contributed by atoms with E-state index in [1.807, 2.05) is 0 Å². The van der Waals surface area contributed by atoms with Crippen LogP contribution < -0.4 is 10.6 Å². The lowest BCUT2D eigenvalue weighted by Gasteiger charge is -2.28. The van der Waals surface area contributed by atoms with E-state index in [2.05, 4.69) is 4.98 Å². The number of carbonyl (C=O) groups is 2. The summed E-state index contributed by atoms with van der Waals surface area (Å²) in [6.45, 7) is 10.1. The number of nitrogens with zero attached hydrogens (tertiary/aromatic N) is 2. The van der Waals surface area contributed by atoms with Gasteiger partial charge in [0.15, 0.2) is 0 Å². The Morgan fingerprint density at radius 3 is 1.79 bits per heavy atom. The van der Waals surface area contributed by atoms with E-state index in [4.69, 9.17) is 20.6 Å². The van der Waals surface area contributed by atoms with Crippen LogP contribution in [0.4, 0.5) is 15.4 Å². The molecule has 0 bridgehead atoms. The highest BCUT2D eigenvalue weighted by Crippen LogP contribution is 2.20. The van der Waals surface area contributed by atoms with Crippen LogP contribution in [0.15, 0.2) is 18.3 Å². The van der Waals surface area contributed by atoms with Crippen molar-refractivity contribution in [2.24, 2.45) is 5.73 Å². The molecule has 0 aromatic carbocycles. The van der Waals surface area contributed by atoms with Crippen molar-refractivity contribution in [3.8, 4) is 0 Å². The molecule has 0 spiro atoms. The van der Waals surface area contributed by atoms with Gasteiger partial charge in [0.05, 0.1) is 0 Å². The van der Waals surface area contributed by atoms with Gasteiger partial charge in [0.1, 0.15) is 22.9 Å². The Bertz CT molecular complexity index is 599. The van der Waals surface area contributed by atoms with Crippen molar-refractivity contribution in [1.29, 1.82) is 5.41 Å². The van der Waals surface area contributed by atoms with Gasteiger partial charge in [-0.1, -0.05) is 0 Å². The molecule has 24 heavy (non-hydrogen) atoms. The molecule has 0 saturated carbocycles. The van der Waals surface area contributed by atoms with Crippen LogP contribution in [0.25, 0.3) is 0 Å². The van der Waals surface area contributed by atoms with E-state index in [0.717, 1.165) is 0 Å². The van der Waals surface area contributed by atoms with Crippen molar-refractivity contribution in [1.82, 2.24) is 4.98 Å². The SMILES string of the molecule is CC(C)(C)OC(=O)N(C(=O)OC(C)(C)C)c1ccc(C(=N)N)cn1. The van der Waals surface area contributed by atoms with Gasteiger partial charge in [-0.15, -0.1) is 0 Å². The molecule has 2 amide bonds. The Hall–Kier alpha value is -2.64. The van der Waals surface area contributed by atoms with Crippen LogP contribution in [-0.4, -0.2) is 34.2 Å². The van der Waals surface area contributed by atoms with Crippen LogP contribution >= 0.6 is 0 Å². The molecule has 0 saturated heterocycles. The monoisotopic (exact) mass is 336 g/mol. The second-order valence-electron chi connectivity index (χ2n) is 7.11. The van der Waals surface area contributed by atoms with Gasteiger partial charge in [-0.2, -0.15) is 4.90 Å². The highest BCUT2D eigenvalue weighted by atomic mass is 16.6. The predicted molar refractivity (Wildman–Crippen MR) is 90.2 cm³/mol. The van der Waals surface area contributed by atoms with Crippen molar-refractivity contribution in [3.05, 3.63) is 23.9 Å². The highest BCUT2D eigenvalue weighted by molar-refractivity contribution is 6.09. The summed E-state index contributed by atoms with van der Waals surface area (Å²) in [6, 6.07) is 2.87. The molecule has 0 aliphatic carbocycles. The fourth-order valence-corrected chi connectivity index (χ4v) is 1.55. The number of amides is 2. The number of imide groups is 1. The molecule has 1 aromatic heterocycles. The number of nitrogens with two attached hydrogens (primary N) is 1. The summed E-state index contributed by atoms with van der Waals surface area (Å²) in [5, 5.41) is 7.36. The number of anilines is 1. The number of amidine groups is 1. The predicted octanol–water partition coefficient (Wildman–Crippen LogP) is 3.04. The van der Waals surface area contributed by atoms with Crippen LogP contribution in [0.5, 0.6) is 0 Å². The molecule has 0 unspecified atom stereocenters. The van der Waals surface area contributed by atoms with Gasteiger partial charge in [-0.25, -0.2) is 14.6 Å². The van der Waals surface area contributed by atoms with Gasteiger partial charge < -0.3 is 15.2 Å². The largest absolute Gasteiger partial charge is 0.443 e. The Labute approximate surface area is 141 Å². The summed E-state index contributed by atoms with van der Waals surface area (Å²) >= 11 is 0. The fraction of sp³-hybridized carbons (Fsp3) is 0.500. The summed E-state index contributed by atoms with van der Waals surface area (Å²) in [7, 11) is 0. The maximum Gasteiger partial charge on any atom is 0.425 e. The highest BCUT2D eigenvalue weighted by Gasteiger charge is 2.33. The lowest BCUT2D eigenvalue weighted by molar-refractivity contribution is 0.0429. The number of nitrogen functional groups attached to an aromatic ring is 1. The van der Waals surface area contributed by atoms with E-state index in [-0.39, 0.29) is 11.7 Å². The Morgan fingerprint density at radius 2 is 1.50 bits per heavy atom. The molecular weight excluding hydrogens is 312 g/mol. The van der Waals surface area contributed by atoms with E-state index < -0.39 is 23.4 Å². The molecule has 0 radical (unpaired) electrons. The summed E-state index contributed by atoms with van der Waals surface area (Å²) < 4.78 is 10.5. The molecule has 1 rings (SSSR count). The summed E-state index contributed by atoms with van der Waals surface area (Å²) in [6.07, 6.45) is -0.515. The van der Waals surface area contributed by atoms with Gasteiger partial charge in [0.25, 0.3) is 0 Å². The van der Waals surface area contributed by atoms with E-state index >= 15 is 0 Å². The van der Waals surface area contributed by atoms with Crippen molar-refractivity contribution >= 4 is 23.8 Å². The number of hydrogen-bond acceptors (Lipinski definition) is 6. The summed E-state index contributed by atoms with van der Waals surface area (Å²) in [5.41, 5.74) is 4.15. The quantitative estimate of drug-likeness (QED) is 0.633. The molecule has 0 aliphatic heterocycles. The zero-order valence-electron chi connectivity index (χ0n) is 14.8. The maximum atomic E-state index is 12.4. The third-order valence-corrected chi connectivity index (χ3v) is 2.44. The summed E-state index contributed by atoms with van der Waals surface area (Å²) in [5.74, 6) is -0.154. The first-order chi connectivity index (χ1) is 10.8. The lowest BCUT2D eigenvalue weighted by atomic mass is 10.2. The van der Waals surface area contributed by atoms with E-state index in [0.29, 0.717) is 10.5 Å². The van der Waals surface area contributed by atoms with Crippen LogP contribution in [0, 0.1) is 5.41 Å². The third-order valence-electron chi connectivity index (χ3n) is 2.44. The van der Waals surface area contributed by atoms with Gasteiger partial charge in [-0.05, 0) is 53.7 Å². The molecule has 1 heterocycles.